The number of hydrogen-bond donors (Lipinski definition) is 1. The van der Waals surface area contributed by atoms with Crippen molar-refractivity contribution in [3.8, 4) is 5.75 Å². The van der Waals surface area contributed by atoms with Crippen LogP contribution in [0.4, 0.5) is 0 Å². The Hall–Kier alpha value is -2.23. The van der Waals surface area contributed by atoms with Gasteiger partial charge in [-0.05, 0) is 52.7 Å². The molecule has 1 heterocycles. The van der Waals surface area contributed by atoms with E-state index in [0.717, 1.165) is 10.9 Å². The van der Waals surface area contributed by atoms with E-state index >= 15 is 0 Å². The average Bonchev–Trinajstić information content (AvgIpc) is 2.67. The summed E-state index contributed by atoms with van der Waals surface area (Å²) in [6, 6.07) is 8.46. The van der Waals surface area contributed by atoms with Gasteiger partial charge >= 0.3 is 5.97 Å². The fourth-order valence-electron chi connectivity index (χ4n) is 2.78. The number of fused-ring (bicyclic) bond motifs is 1. The first-order valence-electron chi connectivity index (χ1n) is 8.89. The fourth-order valence-corrected chi connectivity index (χ4v) is 4.09. The molecular weight excluding hydrogens is 541 g/mol. The van der Waals surface area contributed by atoms with Gasteiger partial charge in [-0.25, -0.2) is 9.78 Å². The SMILES string of the molecule is CCCc1nc2ccc(Br)cc2c(=O)n1N=Cc1cc(Cl)cc(Br)c1OCC(=O)O. The van der Waals surface area contributed by atoms with Gasteiger partial charge in [-0.3, -0.25) is 4.79 Å². The standard InChI is InChI=1S/C20H16Br2ClN3O4/c1-2-3-17-25-16-5-4-12(21)7-14(16)20(29)26(17)24-9-11-6-13(23)8-15(22)19(11)30-10-18(27)28/h4-9H,2-3,10H2,1H3,(H,27,28). The second-order valence-corrected chi connectivity index (χ2v) is 8.50. The van der Waals surface area contributed by atoms with Gasteiger partial charge in [0, 0.05) is 21.5 Å². The molecule has 0 aliphatic carbocycles. The van der Waals surface area contributed by atoms with Gasteiger partial charge in [-0.2, -0.15) is 9.78 Å². The minimum Gasteiger partial charge on any atom is -0.480 e. The molecule has 1 N–H and O–H groups in total. The van der Waals surface area contributed by atoms with Gasteiger partial charge in [0.25, 0.3) is 5.56 Å². The van der Waals surface area contributed by atoms with Crippen molar-refractivity contribution in [3.63, 3.8) is 0 Å². The predicted octanol–water partition coefficient (Wildman–Crippen LogP) is 4.87. The molecule has 0 saturated carbocycles. The van der Waals surface area contributed by atoms with E-state index in [0.29, 0.717) is 38.2 Å². The van der Waals surface area contributed by atoms with Crippen molar-refractivity contribution in [1.29, 1.82) is 0 Å². The van der Waals surface area contributed by atoms with E-state index in [1.807, 2.05) is 13.0 Å². The van der Waals surface area contributed by atoms with Gasteiger partial charge in [0.15, 0.2) is 6.61 Å². The number of carbonyl (C=O) groups is 1. The number of aliphatic carboxylic acids is 1. The van der Waals surface area contributed by atoms with Crippen LogP contribution in [0.15, 0.2) is 49.2 Å². The minimum absolute atomic E-state index is 0.257. The number of benzene rings is 2. The second-order valence-electron chi connectivity index (χ2n) is 6.29. The summed E-state index contributed by atoms with van der Waals surface area (Å²) in [5.41, 5.74) is 0.698. The number of carboxylic acids is 1. The maximum absolute atomic E-state index is 13.1. The molecule has 1 aromatic heterocycles. The van der Waals surface area contributed by atoms with Crippen molar-refractivity contribution in [2.45, 2.75) is 19.8 Å². The number of hydrogen-bond acceptors (Lipinski definition) is 5. The van der Waals surface area contributed by atoms with Crippen LogP contribution >= 0.6 is 43.5 Å². The molecule has 0 unspecified atom stereocenters. The van der Waals surface area contributed by atoms with Gasteiger partial charge in [0.05, 0.1) is 21.6 Å². The summed E-state index contributed by atoms with van der Waals surface area (Å²) in [6.07, 6.45) is 2.74. The molecular formula is C20H16Br2ClN3O4. The van der Waals surface area contributed by atoms with Crippen LogP contribution in [0.5, 0.6) is 5.75 Å². The van der Waals surface area contributed by atoms with Crippen LogP contribution in [0.1, 0.15) is 24.7 Å². The molecule has 10 heteroatoms. The summed E-state index contributed by atoms with van der Waals surface area (Å²) < 4.78 is 7.84. The van der Waals surface area contributed by atoms with E-state index in [9.17, 15) is 9.59 Å². The zero-order chi connectivity index (χ0) is 21.8. The fraction of sp³-hybridized carbons (Fsp3) is 0.200. The van der Waals surface area contributed by atoms with E-state index < -0.39 is 12.6 Å². The Morgan fingerprint density at radius 1 is 1.33 bits per heavy atom. The quantitative estimate of drug-likeness (QED) is 0.419. The van der Waals surface area contributed by atoms with Gasteiger partial charge < -0.3 is 9.84 Å². The topological polar surface area (TPSA) is 93.8 Å². The number of halogens is 3. The molecule has 7 nitrogen and oxygen atoms in total. The minimum atomic E-state index is -1.12. The Bertz CT molecular complexity index is 1210. The molecule has 0 fully saturated rings. The van der Waals surface area contributed by atoms with E-state index in [2.05, 4.69) is 41.9 Å². The smallest absolute Gasteiger partial charge is 0.341 e. The first-order valence-corrected chi connectivity index (χ1v) is 10.9. The van der Waals surface area contributed by atoms with Crippen molar-refractivity contribution in [2.75, 3.05) is 6.61 Å². The highest BCUT2D eigenvalue weighted by Crippen LogP contribution is 2.32. The summed E-state index contributed by atoms with van der Waals surface area (Å²) >= 11 is 12.8. The lowest BCUT2D eigenvalue weighted by Gasteiger charge is -2.11. The largest absolute Gasteiger partial charge is 0.480 e. The summed E-state index contributed by atoms with van der Waals surface area (Å²) in [4.78, 5) is 28.6. The van der Waals surface area contributed by atoms with Crippen LogP contribution in [0.2, 0.25) is 5.02 Å². The van der Waals surface area contributed by atoms with Crippen LogP contribution < -0.4 is 10.3 Å². The highest BCUT2D eigenvalue weighted by molar-refractivity contribution is 9.10. The molecule has 0 amide bonds. The third-order valence-corrected chi connectivity index (χ3v) is 5.34. The third-order valence-electron chi connectivity index (χ3n) is 4.04. The molecule has 0 atom stereocenters. The Kier molecular flexibility index (Phi) is 7.27. The highest BCUT2D eigenvalue weighted by Gasteiger charge is 2.13. The molecule has 0 aliphatic heterocycles. The summed E-state index contributed by atoms with van der Waals surface area (Å²) in [6.45, 7) is 1.45. The van der Waals surface area contributed by atoms with Gasteiger partial charge in [0.2, 0.25) is 0 Å². The maximum Gasteiger partial charge on any atom is 0.341 e. The van der Waals surface area contributed by atoms with Crippen LogP contribution in [-0.2, 0) is 11.2 Å². The normalized spacial score (nSPS) is 11.3. The summed E-state index contributed by atoms with van der Waals surface area (Å²) in [7, 11) is 0. The van der Waals surface area contributed by atoms with E-state index in [1.165, 1.54) is 10.9 Å². The maximum atomic E-state index is 13.1. The summed E-state index contributed by atoms with van der Waals surface area (Å²) in [5, 5.41) is 14.1. The molecule has 2 aromatic carbocycles. The molecule has 156 valence electrons. The highest BCUT2D eigenvalue weighted by atomic mass is 79.9. The number of nitrogens with zero attached hydrogens (tertiary/aromatic N) is 3. The van der Waals surface area contributed by atoms with Gasteiger partial charge in [-0.1, -0.05) is 34.5 Å². The number of aromatic nitrogens is 2. The van der Waals surface area contributed by atoms with Crippen molar-refractivity contribution in [1.82, 2.24) is 9.66 Å². The van der Waals surface area contributed by atoms with Crippen molar-refractivity contribution in [2.24, 2.45) is 5.10 Å². The number of carboxylic acid groups (broad SMARTS) is 1. The Morgan fingerprint density at radius 2 is 2.10 bits per heavy atom. The van der Waals surface area contributed by atoms with Crippen LogP contribution in [-0.4, -0.2) is 33.6 Å². The van der Waals surface area contributed by atoms with Crippen LogP contribution in [0, 0.1) is 0 Å². The number of rotatable bonds is 7. The molecule has 0 radical (unpaired) electrons. The molecule has 0 aliphatic rings. The van der Waals surface area contributed by atoms with E-state index in [1.54, 1.807) is 24.3 Å². The van der Waals surface area contributed by atoms with Crippen molar-refractivity contribution < 1.29 is 14.6 Å². The lowest BCUT2D eigenvalue weighted by atomic mass is 10.2. The molecule has 0 saturated heterocycles. The Morgan fingerprint density at radius 3 is 2.80 bits per heavy atom. The van der Waals surface area contributed by atoms with Gasteiger partial charge in [0.1, 0.15) is 11.6 Å². The first-order chi connectivity index (χ1) is 14.3. The number of ether oxygens (including phenoxy) is 1. The zero-order valence-electron chi connectivity index (χ0n) is 15.7. The predicted molar refractivity (Wildman–Crippen MR) is 123 cm³/mol. The molecule has 30 heavy (non-hydrogen) atoms. The second kappa shape index (κ2) is 9.72. The average molecular weight is 558 g/mol. The lowest BCUT2D eigenvalue weighted by Crippen LogP contribution is -2.22. The van der Waals surface area contributed by atoms with Crippen LogP contribution in [0.25, 0.3) is 10.9 Å². The molecule has 0 bridgehead atoms. The number of aryl methyl sites for hydroxylation is 1. The van der Waals surface area contributed by atoms with E-state index in [-0.39, 0.29) is 11.3 Å². The van der Waals surface area contributed by atoms with Crippen molar-refractivity contribution >= 4 is 66.5 Å². The third kappa shape index (κ3) is 5.08. The van der Waals surface area contributed by atoms with E-state index in [4.69, 9.17) is 21.4 Å². The molecule has 3 aromatic rings. The molecule has 3 rings (SSSR count). The van der Waals surface area contributed by atoms with Crippen LogP contribution in [0.3, 0.4) is 0 Å². The van der Waals surface area contributed by atoms with Crippen molar-refractivity contribution in [3.05, 3.63) is 66.0 Å². The lowest BCUT2D eigenvalue weighted by molar-refractivity contribution is -0.139. The first kappa shape index (κ1) is 22.5. The molecule has 0 spiro atoms. The Labute approximate surface area is 193 Å². The Balaban J connectivity index is 2.14. The zero-order valence-corrected chi connectivity index (χ0v) is 19.7. The monoisotopic (exact) mass is 555 g/mol. The van der Waals surface area contributed by atoms with Gasteiger partial charge in [-0.15, -0.1) is 0 Å². The summed E-state index contributed by atoms with van der Waals surface area (Å²) in [5.74, 6) is -0.347.